The largest absolute Gasteiger partial charge is 0.472 e. The standard InChI is InChI=1S/C21H23FN4O4S/c1-14(27)23-11-17-12-26(21(28)30-17)16-2-3-19(18(22)10-16)24-5-7-25(8-6-24)20(31)15-4-9-29-13-15/h2-4,9-10,13,17H,5-8,11-12H2,1H3,(H,23,27). The first-order valence-electron chi connectivity index (χ1n) is 10.0. The van der Waals surface area contributed by atoms with Crippen molar-refractivity contribution in [1.82, 2.24) is 10.2 Å². The van der Waals surface area contributed by atoms with Gasteiger partial charge in [0.1, 0.15) is 23.2 Å². The van der Waals surface area contributed by atoms with E-state index in [4.69, 9.17) is 21.4 Å². The molecule has 2 aromatic rings. The maximum atomic E-state index is 14.9. The van der Waals surface area contributed by atoms with Crippen molar-refractivity contribution in [2.45, 2.75) is 13.0 Å². The highest BCUT2D eigenvalue weighted by Crippen LogP contribution is 2.28. The van der Waals surface area contributed by atoms with Gasteiger partial charge in [-0.3, -0.25) is 9.69 Å². The predicted octanol–water partition coefficient (Wildman–Crippen LogP) is 2.38. The number of rotatable bonds is 5. The summed E-state index contributed by atoms with van der Waals surface area (Å²) in [5.74, 6) is -0.600. The number of hydrogen-bond acceptors (Lipinski definition) is 6. The molecule has 2 saturated heterocycles. The first-order chi connectivity index (χ1) is 14.9. The molecule has 1 atom stereocenters. The molecule has 2 aliphatic rings. The van der Waals surface area contributed by atoms with Gasteiger partial charge in [-0.25, -0.2) is 9.18 Å². The summed E-state index contributed by atoms with van der Waals surface area (Å²) in [6, 6.07) is 6.57. The van der Waals surface area contributed by atoms with Crippen molar-refractivity contribution in [2.24, 2.45) is 0 Å². The highest BCUT2D eigenvalue weighted by molar-refractivity contribution is 7.80. The molecule has 10 heteroatoms. The van der Waals surface area contributed by atoms with Crippen molar-refractivity contribution in [3.05, 3.63) is 48.2 Å². The van der Waals surface area contributed by atoms with Crippen LogP contribution in [0.5, 0.6) is 0 Å². The highest BCUT2D eigenvalue weighted by atomic mass is 32.1. The number of furan rings is 1. The molecule has 8 nitrogen and oxygen atoms in total. The molecule has 164 valence electrons. The quantitative estimate of drug-likeness (QED) is 0.707. The van der Waals surface area contributed by atoms with Crippen LogP contribution < -0.4 is 15.1 Å². The van der Waals surface area contributed by atoms with Crippen LogP contribution in [0.3, 0.4) is 0 Å². The average molecular weight is 447 g/mol. The van der Waals surface area contributed by atoms with Crippen LogP contribution in [0.2, 0.25) is 0 Å². The second-order valence-corrected chi connectivity index (χ2v) is 7.87. The molecule has 0 aliphatic carbocycles. The number of amides is 2. The third-order valence-corrected chi connectivity index (χ3v) is 5.87. The lowest BCUT2D eigenvalue weighted by atomic mass is 10.2. The van der Waals surface area contributed by atoms with Gasteiger partial charge in [0, 0.05) is 38.7 Å². The summed E-state index contributed by atoms with van der Waals surface area (Å²) in [5.41, 5.74) is 1.78. The Kier molecular flexibility index (Phi) is 6.08. The zero-order valence-electron chi connectivity index (χ0n) is 17.0. The SMILES string of the molecule is CC(=O)NCC1CN(c2ccc(N3CCN(C(=S)c4ccoc4)CC3)c(F)c2)C(=O)O1. The zero-order valence-corrected chi connectivity index (χ0v) is 17.9. The van der Waals surface area contributed by atoms with E-state index in [0.717, 1.165) is 10.6 Å². The molecule has 0 bridgehead atoms. The van der Waals surface area contributed by atoms with Crippen LogP contribution in [0.25, 0.3) is 0 Å². The molecule has 0 spiro atoms. The fourth-order valence-electron chi connectivity index (χ4n) is 3.74. The second kappa shape index (κ2) is 8.93. The number of cyclic esters (lactones) is 1. The summed E-state index contributed by atoms with van der Waals surface area (Å²) >= 11 is 5.51. The normalized spacial score (nSPS) is 18.8. The molecular weight excluding hydrogens is 423 g/mol. The number of carbonyl (C=O) groups is 2. The van der Waals surface area contributed by atoms with Gasteiger partial charge in [-0.05, 0) is 24.3 Å². The van der Waals surface area contributed by atoms with Crippen LogP contribution in [0, 0.1) is 5.82 Å². The van der Waals surface area contributed by atoms with E-state index in [-0.39, 0.29) is 19.0 Å². The minimum absolute atomic E-state index is 0.199. The molecule has 31 heavy (non-hydrogen) atoms. The maximum Gasteiger partial charge on any atom is 0.414 e. The number of nitrogens with one attached hydrogen (secondary N) is 1. The lowest BCUT2D eigenvalue weighted by molar-refractivity contribution is -0.119. The Bertz CT molecular complexity index is 976. The van der Waals surface area contributed by atoms with Crippen molar-refractivity contribution in [2.75, 3.05) is 49.1 Å². The number of halogens is 1. The molecule has 0 saturated carbocycles. The van der Waals surface area contributed by atoms with Gasteiger partial charge in [-0.2, -0.15) is 0 Å². The predicted molar refractivity (Wildman–Crippen MR) is 117 cm³/mol. The van der Waals surface area contributed by atoms with E-state index in [2.05, 4.69) is 10.2 Å². The number of thiocarbonyl (C=S) groups is 1. The lowest BCUT2D eigenvalue weighted by Crippen LogP contribution is -2.48. The van der Waals surface area contributed by atoms with Gasteiger partial charge in [-0.1, -0.05) is 12.2 Å². The fourth-order valence-corrected chi connectivity index (χ4v) is 4.03. The molecule has 2 amide bonds. The summed E-state index contributed by atoms with van der Waals surface area (Å²) in [6.45, 7) is 4.47. The van der Waals surface area contributed by atoms with Crippen LogP contribution >= 0.6 is 12.2 Å². The van der Waals surface area contributed by atoms with Crippen molar-refractivity contribution in [1.29, 1.82) is 0 Å². The smallest absolute Gasteiger partial charge is 0.414 e. The van der Waals surface area contributed by atoms with Gasteiger partial charge >= 0.3 is 6.09 Å². The Hall–Kier alpha value is -3.14. The average Bonchev–Trinajstić information content (AvgIpc) is 3.42. The molecule has 1 aromatic carbocycles. The number of carbonyl (C=O) groups excluding carboxylic acids is 2. The topological polar surface area (TPSA) is 78.3 Å². The summed E-state index contributed by atoms with van der Waals surface area (Å²) in [5, 5.41) is 2.62. The van der Waals surface area contributed by atoms with Crippen LogP contribution in [-0.2, 0) is 9.53 Å². The van der Waals surface area contributed by atoms with Gasteiger partial charge in [-0.15, -0.1) is 0 Å². The van der Waals surface area contributed by atoms with Crippen LogP contribution in [0.4, 0.5) is 20.6 Å². The monoisotopic (exact) mass is 446 g/mol. The van der Waals surface area contributed by atoms with Gasteiger partial charge in [0.05, 0.1) is 30.7 Å². The molecule has 1 unspecified atom stereocenters. The fraction of sp³-hybridized carbons (Fsp3) is 0.381. The second-order valence-electron chi connectivity index (χ2n) is 7.48. The van der Waals surface area contributed by atoms with Crippen LogP contribution in [0.15, 0.2) is 41.2 Å². The van der Waals surface area contributed by atoms with E-state index in [1.165, 1.54) is 17.9 Å². The number of ether oxygens (including phenoxy) is 1. The molecule has 2 aliphatic heterocycles. The zero-order chi connectivity index (χ0) is 22.0. The Balaban J connectivity index is 1.38. The minimum Gasteiger partial charge on any atom is -0.472 e. The van der Waals surface area contributed by atoms with Gasteiger partial charge in [0.15, 0.2) is 0 Å². The molecular formula is C21H23FN4O4S. The number of hydrogen-bond donors (Lipinski definition) is 1. The third kappa shape index (κ3) is 4.63. The Morgan fingerprint density at radius 1 is 1.26 bits per heavy atom. The summed E-state index contributed by atoms with van der Waals surface area (Å²) in [4.78, 5) is 29.4. The van der Waals surface area contributed by atoms with Gasteiger partial charge < -0.3 is 24.3 Å². The Labute approximate surface area is 184 Å². The molecule has 2 fully saturated rings. The first-order valence-corrected chi connectivity index (χ1v) is 10.4. The van der Waals surface area contributed by atoms with E-state index in [1.807, 2.05) is 11.0 Å². The number of benzene rings is 1. The third-order valence-electron chi connectivity index (χ3n) is 5.37. The highest BCUT2D eigenvalue weighted by Gasteiger charge is 2.33. The molecule has 1 aromatic heterocycles. The number of piperazine rings is 1. The number of nitrogens with zero attached hydrogens (tertiary/aromatic N) is 3. The van der Waals surface area contributed by atoms with Crippen molar-refractivity contribution in [3.8, 4) is 0 Å². The van der Waals surface area contributed by atoms with E-state index < -0.39 is 18.0 Å². The number of anilines is 2. The summed E-state index contributed by atoms with van der Waals surface area (Å²) < 4.78 is 25.3. The Morgan fingerprint density at radius 3 is 2.68 bits per heavy atom. The minimum atomic E-state index is -0.552. The summed E-state index contributed by atoms with van der Waals surface area (Å²) in [6.07, 6.45) is 2.19. The lowest BCUT2D eigenvalue weighted by Gasteiger charge is -2.37. The van der Waals surface area contributed by atoms with E-state index in [0.29, 0.717) is 37.6 Å². The van der Waals surface area contributed by atoms with Crippen LogP contribution in [0.1, 0.15) is 12.5 Å². The Morgan fingerprint density at radius 2 is 2.03 bits per heavy atom. The van der Waals surface area contributed by atoms with Gasteiger partial charge in [0.2, 0.25) is 5.91 Å². The molecule has 4 rings (SSSR count). The van der Waals surface area contributed by atoms with E-state index in [1.54, 1.807) is 24.7 Å². The van der Waals surface area contributed by atoms with Crippen molar-refractivity contribution < 1.29 is 23.1 Å². The van der Waals surface area contributed by atoms with Gasteiger partial charge in [0.25, 0.3) is 0 Å². The van der Waals surface area contributed by atoms with E-state index >= 15 is 0 Å². The summed E-state index contributed by atoms with van der Waals surface area (Å²) in [7, 11) is 0. The maximum absolute atomic E-state index is 14.9. The van der Waals surface area contributed by atoms with Crippen molar-refractivity contribution >= 4 is 40.6 Å². The van der Waals surface area contributed by atoms with E-state index in [9.17, 15) is 14.0 Å². The molecule has 0 radical (unpaired) electrons. The first kappa shape index (κ1) is 21.1. The van der Waals surface area contributed by atoms with Crippen molar-refractivity contribution in [3.63, 3.8) is 0 Å². The molecule has 1 N–H and O–H groups in total. The van der Waals surface area contributed by atoms with Crippen LogP contribution in [-0.4, -0.2) is 67.3 Å². The molecule has 3 heterocycles.